The lowest BCUT2D eigenvalue weighted by Crippen LogP contribution is -2.23. The number of aromatic nitrogens is 2. The number of thiazole rings is 1. The molecule has 0 spiro atoms. The van der Waals surface area contributed by atoms with Crippen LogP contribution in [-0.2, 0) is 6.54 Å². The molecule has 0 unspecified atom stereocenters. The lowest BCUT2D eigenvalue weighted by molar-refractivity contribution is 0.0951. The second-order valence-corrected chi connectivity index (χ2v) is 4.55. The maximum atomic E-state index is 12.1. The first-order valence-corrected chi connectivity index (χ1v) is 6.47. The molecule has 2 heterocycles. The molecule has 0 aliphatic heterocycles. The number of rotatable bonds is 3. The lowest BCUT2D eigenvalue weighted by Gasteiger charge is -2.05. The van der Waals surface area contributed by atoms with E-state index in [-0.39, 0.29) is 12.5 Å². The molecule has 19 heavy (non-hydrogen) atoms. The van der Waals surface area contributed by atoms with Gasteiger partial charge in [0.1, 0.15) is 0 Å². The number of pyridine rings is 1. The van der Waals surface area contributed by atoms with Crippen LogP contribution < -0.4 is 11.1 Å². The molecular formula is C13H12N4OS. The molecule has 0 aliphatic rings. The molecule has 0 fully saturated rings. The summed E-state index contributed by atoms with van der Waals surface area (Å²) >= 11 is 1.50. The van der Waals surface area contributed by atoms with Gasteiger partial charge >= 0.3 is 0 Å². The number of carbonyl (C=O) groups excluding carboxylic acids is 1. The van der Waals surface area contributed by atoms with E-state index < -0.39 is 0 Å². The van der Waals surface area contributed by atoms with Crippen LogP contribution in [0.5, 0.6) is 0 Å². The van der Waals surface area contributed by atoms with Crippen molar-refractivity contribution in [1.82, 2.24) is 15.3 Å². The van der Waals surface area contributed by atoms with Crippen LogP contribution in [0.15, 0.2) is 30.2 Å². The molecule has 0 saturated heterocycles. The quantitative estimate of drug-likeness (QED) is 0.809. The minimum absolute atomic E-state index is 0.183. The summed E-state index contributed by atoms with van der Waals surface area (Å²) in [5.74, 6) is 5.38. The number of hydrogen-bond donors (Lipinski definition) is 2. The minimum atomic E-state index is -0.183. The van der Waals surface area contributed by atoms with Gasteiger partial charge in [0, 0.05) is 23.5 Å². The van der Waals surface area contributed by atoms with Gasteiger partial charge in [-0.3, -0.25) is 14.8 Å². The monoisotopic (exact) mass is 272 g/mol. The third-order valence-electron chi connectivity index (χ3n) is 2.30. The van der Waals surface area contributed by atoms with Crippen LogP contribution in [0.1, 0.15) is 20.8 Å². The molecule has 96 valence electrons. The van der Waals surface area contributed by atoms with Crippen molar-refractivity contribution < 1.29 is 4.79 Å². The highest BCUT2D eigenvalue weighted by molar-refractivity contribution is 7.09. The van der Waals surface area contributed by atoms with Crippen molar-refractivity contribution in [3.63, 3.8) is 0 Å². The van der Waals surface area contributed by atoms with Gasteiger partial charge in [-0.05, 0) is 6.07 Å². The van der Waals surface area contributed by atoms with Crippen molar-refractivity contribution in [1.29, 1.82) is 0 Å². The van der Waals surface area contributed by atoms with Crippen LogP contribution in [0, 0.1) is 11.8 Å². The molecule has 0 aromatic carbocycles. The smallest absolute Gasteiger partial charge is 0.252 e. The van der Waals surface area contributed by atoms with Crippen LogP contribution in [0.3, 0.4) is 0 Å². The molecule has 2 rings (SSSR count). The SMILES string of the molecule is NCC#Cc1cnccc1C(=O)NCc1cncs1. The zero-order valence-corrected chi connectivity index (χ0v) is 10.9. The number of hydrogen-bond acceptors (Lipinski definition) is 5. The average Bonchev–Trinajstić information content (AvgIpc) is 2.96. The molecule has 0 bridgehead atoms. The van der Waals surface area contributed by atoms with E-state index in [0.29, 0.717) is 17.7 Å². The second kappa shape index (κ2) is 6.64. The maximum absolute atomic E-state index is 12.1. The van der Waals surface area contributed by atoms with E-state index in [1.165, 1.54) is 11.3 Å². The summed E-state index contributed by atoms with van der Waals surface area (Å²) < 4.78 is 0. The van der Waals surface area contributed by atoms with Gasteiger partial charge in [-0.1, -0.05) is 11.8 Å². The van der Waals surface area contributed by atoms with E-state index in [1.54, 1.807) is 30.2 Å². The Bertz CT molecular complexity index is 613. The van der Waals surface area contributed by atoms with Gasteiger partial charge in [-0.25, -0.2) is 0 Å². The van der Waals surface area contributed by atoms with Crippen LogP contribution in [-0.4, -0.2) is 22.4 Å². The average molecular weight is 272 g/mol. The number of amides is 1. The molecule has 0 radical (unpaired) electrons. The Morgan fingerprint density at radius 2 is 2.32 bits per heavy atom. The Labute approximate surface area is 114 Å². The molecule has 0 aliphatic carbocycles. The van der Waals surface area contributed by atoms with Crippen LogP contribution in [0.4, 0.5) is 0 Å². The zero-order chi connectivity index (χ0) is 13.5. The van der Waals surface area contributed by atoms with Gasteiger partial charge in [0.2, 0.25) is 0 Å². The van der Waals surface area contributed by atoms with E-state index >= 15 is 0 Å². The third-order valence-corrected chi connectivity index (χ3v) is 3.08. The molecule has 6 heteroatoms. The summed E-state index contributed by atoms with van der Waals surface area (Å²) in [6.07, 6.45) is 4.85. The molecule has 3 N–H and O–H groups in total. The van der Waals surface area contributed by atoms with Crippen LogP contribution in [0.2, 0.25) is 0 Å². The summed E-state index contributed by atoms with van der Waals surface area (Å²) in [7, 11) is 0. The molecule has 2 aromatic rings. The van der Waals surface area contributed by atoms with E-state index in [0.717, 1.165) is 4.88 Å². The van der Waals surface area contributed by atoms with Crippen molar-refractivity contribution in [2.45, 2.75) is 6.54 Å². The van der Waals surface area contributed by atoms with Crippen LogP contribution >= 0.6 is 11.3 Å². The molecular weight excluding hydrogens is 260 g/mol. The Kier molecular flexibility index (Phi) is 4.61. The highest BCUT2D eigenvalue weighted by Crippen LogP contribution is 2.08. The summed E-state index contributed by atoms with van der Waals surface area (Å²) in [5.41, 5.74) is 8.13. The molecule has 0 atom stereocenters. The standard InChI is InChI=1S/C13H12N4OS/c14-4-1-2-10-6-15-5-3-12(10)13(18)17-8-11-7-16-9-19-11/h3,5-7,9H,4,8,14H2,(H,17,18). The van der Waals surface area contributed by atoms with E-state index in [2.05, 4.69) is 27.1 Å². The van der Waals surface area contributed by atoms with Crippen molar-refractivity contribution in [3.8, 4) is 11.8 Å². The Balaban J connectivity index is 2.10. The van der Waals surface area contributed by atoms with Crippen molar-refractivity contribution in [2.24, 2.45) is 5.73 Å². The van der Waals surface area contributed by atoms with E-state index in [1.807, 2.05) is 0 Å². The van der Waals surface area contributed by atoms with Crippen molar-refractivity contribution >= 4 is 17.2 Å². The number of nitrogens with one attached hydrogen (secondary N) is 1. The largest absolute Gasteiger partial charge is 0.347 e. The van der Waals surface area contributed by atoms with Gasteiger partial charge in [0.05, 0.1) is 29.7 Å². The fourth-order valence-corrected chi connectivity index (χ4v) is 1.96. The fourth-order valence-electron chi connectivity index (χ4n) is 1.43. The fraction of sp³-hybridized carbons (Fsp3) is 0.154. The zero-order valence-electron chi connectivity index (χ0n) is 10.1. The first-order valence-electron chi connectivity index (χ1n) is 5.60. The third kappa shape index (κ3) is 3.61. The highest BCUT2D eigenvalue weighted by Gasteiger charge is 2.09. The van der Waals surface area contributed by atoms with Crippen molar-refractivity contribution in [3.05, 3.63) is 46.2 Å². The number of nitrogens with zero attached hydrogens (tertiary/aromatic N) is 2. The molecule has 1 amide bonds. The van der Waals surface area contributed by atoms with Gasteiger partial charge in [0.25, 0.3) is 5.91 Å². The van der Waals surface area contributed by atoms with Crippen LogP contribution in [0.25, 0.3) is 0 Å². The van der Waals surface area contributed by atoms with Crippen molar-refractivity contribution in [2.75, 3.05) is 6.54 Å². The topological polar surface area (TPSA) is 80.9 Å². The highest BCUT2D eigenvalue weighted by atomic mass is 32.1. The molecule has 2 aromatic heterocycles. The number of nitrogens with two attached hydrogens (primary N) is 1. The van der Waals surface area contributed by atoms with Gasteiger partial charge in [-0.2, -0.15) is 0 Å². The second-order valence-electron chi connectivity index (χ2n) is 3.58. The normalized spacial score (nSPS) is 9.53. The molecule has 0 saturated carbocycles. The summed E-state index contributed by atoms with van der Waals surface area (Å²) in [6.45, 7) is 0.701. The Hall–Kier alpha value is -2.23. The van der Waals surface area contributed by atoms with Gasteiger partial charge in [-0.15, -0.1) is 11.3 Å². The lowest BCUT2D eigenvalue weighted by atomic mass is 10.1. The van der Waals surface area contributed by atoms with Gasteiger partial charge < -0.3 is 11.1 Å². The summed E-state index contributed by atoms with van der Waals surface area (Å²) in [6, 6.07) is 1.64. The number of carbonyl (C=O) groups is 1. The van der Waals surface area contributed by atoms with E-state index in [9.17, 15) is 4.79 Å². The molecule has 5 nitrogen and oxygen atoms in total. The van der Waals surface area contributed by atoms with E-state index in [4.69, 9.17) is 5.73 Å². The summed E-state index contributed by atoms with van der Waals surface area (Å²) in [5, 5.41) is 2.82. The predicted molar refractivity (Wildman–Crippen MR) is 73.5 cm³/mol. The Morgan fingerprint density at radius 1 is 1.42 bits per heavy atom. The first-order chi connectivity index (χ1) is 9.31. The van der Waals surface area contributed by atoms with Gasteiger partial charge in [0.15, 0.2) is 0 Å². The Morgan fingerprint density at radius 3 is 3.05 bits per heavy atom. The predicted octanol–water partition coefficient (Wildman–Crippen LogP) is 0.778. The maximum Gasteiger partial charge on any atom is 0.252 e. The summed E-state index contributed by atoms with van der Waals surface area (Å²) in [4.78, 5) is 21.0. The first kappa shape index (κ1) is 13.2. The minimum Gasteiger partial charge on any atom is -0.347 e.